The molecule has 1 aliphatic rings. The van der Waals surface area contributed by atoms with Crippen molar-refractivity contribution < 1.29 is 14.3 Å². The maximum Gasteiger partial charge on any atom is 0.227 e. The van der Waals surface area contributed by atoms with Crippen LogP contribution in [0.5, 0.6) is 11.5 Å². The number of carbonyl (C=O) groups excluding carboxylic acids is 1. The summed E-state index contributed by atoms with van der Waals surface area (Å²) in [6.07, 6.45) is 0.377. The van der Waals surface area contributed by atoms with E-state index in [1.807, 2.05) is 23.1 Å². The molecule has 1 saturated heterocycles. The molecule has 0 atom stereocenters. The minimum atomic E-state index is 0.158. The standard InChI is InChI=1S/C24H32N2O3/c1-17(2)20-8-6-7-18(3)24(20)26-13-11-25(12-14-26)23(27)16-19-9-10-21(28-4)22(15-19)29-5/h6-10,15,17H,11-14,16H2,1-5H3. The normalized spacial score (nSPS) is 14.3. The highest BCUT2D eigenvalue weighted by molar-refractivity contribution is 5.79. The number of rotatable bonds is 6. The molecule has 1 amide bonds. The van der Waals surface area contributed by atoms with Crippen LogP contribution in [-0.4, -0.2) is 51.2 Å². The van der Waals surface area contributed by atoms with E-state index in [0.29, 0.717) is 23.8 Å². The molecule has 5 heteroatoms. The van der Waals surface area contributed by atoms with E-state index >= 15 is 0 Å². The summed E-state index contributed by atoms with van der Waals surface area (Å²) in [4.78, 5) is 17.3. The zero-order valence-electron chi connectivity index (χ0n) is 18.2. The molecule has 3 rings (SSSR count). The number of anilines is 1. The third-order valence-electron chi connectivity index (χ3n) is 5.64. The van der Waals surface area contributed by atoms with E-state index in [2.05, 4.69) is 43.9 Å². The van der Waals surface area contributed by atoms with Gasteiger partial charge in [0.05, 0.1) is 20.6 Å². The summed E-state index contributed by atoms with van der Waals surface area (Å²) in [5.74, 6) is 1.97. The molecule has 0 radical (unpaired) electrons. The predicted octanol–water partition coefficient (Wildman–Crippen LogP) is 4.03. The van der Waals surface area contributed by atoms with Crippen LogP contribution in [0.4, 0.5) is 5.69 Å². The van der Waals surface area contributed by atoms with Crippen molar-refractivity contribution in [2.45, 2.75) is 33.1 Å². The van der Waals surface area contributed by atoms with Gasteiger partial charge in [-0.1, -0.05) is 38.1 Å². The van der Waals surface area contributed by atoms with Gasteiger partial charge < -0.3 is 19.3 Å². The van der Waals surface area contributed by atoms with Crippen LogP contribution in [0.15, 0.2) is 36.4 Å². The Morgan fingerprint density at radius 3 is 2.31 bits per heavy atom. The molecule has 156 valence electrons. The van der Waals surface area contributed by atoms with Crippen LogP contribution in [0.25, 0.3) is 0 Å². The molecule has 1 aliphatic heterocycles. The van der Waals surface area contributed by atoms with Gasteiger partial charge in [0.2, 0.25) is 5.91 Å². The molecule has 5 nitrogen and oxygen atoms in total. The van der Waals surface area contributed by atoms with Crippen molar-refractivity contribution in [1.29, 1.82) is 0 Å². The number of methoxy groups -OCH3 is 2. The first-order chi connectivity index (χ1) is 13.9. The summed E-state index contributed by atoms with van der Waals surface area (Å²) in [5.41, 5.74) is 4.97. The number of hydrogen-bond donors (Lipinski definition) is 0. The Labute approximate surface area is 174 Å². The van der Waals surface area contributed by atoms with E-state index in [4.69, 9.17) is 9.47 Å². The van der Waals surface area contributed by atoms with Crippen molar-refractivity contribution in [2.75, 3.05) is 45.3 Å². The number of amides is 1. The smallest absolute Gasteiger partial charge is 0.227 e. The lowest BCUT2D eigenvalue weighted by molar-refractivity contribution is -0.130. The lowest BCUT2D eigenvalue weighted by Crippen LogP contribution is -2.49. The van der Waals surface area contributed by atoms with Crippen LogP contribution in [-0.2, 0) is 11.2 Å². The van der Waals surface area contributed by atoms with Gasteiger partial charge in [-0.3, -0.25) is 4.79 Å². The van der Waals surface area contributed by atoms with Crippen molar-refractivity contribution in [1.82, 2.24) is 4.90 Å². The maximum atomic E-state index is 12.8. The molecule has 0 aromatic heterocycles. The van der Waals surface area contributed by atoms with E-state index in [-0.39, 0.29) is 5.91 Å². The second-order valence-electron chi connectivity index (χ2n) is 7.90. The minimum Gasteiger partial charge on any atom is -0.493 e. The fourth-order valence-electron chi connectivity index (χ4n) is 4.04. The zero-order chi connectivity index (χ0) is 21.0. The molecule has 1 fully saturated rings. The Kier molecular flexibility index (Phi) is 6.68. The summed E-state index contributed by atoms with van der Waals surface area (Å²) in [5, 5.41) is 0. The van der Waals surface area contributed by atoms with Gasteiger partial charge >= 0.3 is 0 Å². The van der Waals surface area contributed by atoms with Crippen molar-refractivity contribution in [3.8, 4) is 11.5 Å². The average Bonchev–Trinajstić information content (AvgIpc) is 2.73. The Balaban J connectivity index is 1.65. The predicted molar refractivity (Wildman–Crippen MR) is 117 cm³/mol. The number of benzene rings is 2. The molecule has 2 aromatic carbocycles. The third-order valence-corrected chi connectivity index (χ3v) is 5.64. The molecule has 0 bridgehead atoms. The van der Waals surface area contributed by atoms with Gasteiger partial charge in [0, 0.05) is 31.9 Å². The molecule has 0 unspecified atom stereocenters. The second kappa shape index (κ2) is 9.21. The lowest BCUT2D eigenvalue weighted by Gasteiger charge is -2.38. The van der Waals surface area contributed by atoms with Crippen LogP contribution >= 0.6 is 0 Å². The molecule has 0 spiro atoms. The van der Waals surface area contributed by atoms with Gasteiger partial charge in [-0.15, -0.1) is 0 Å². The third kappa shape index (κ3) is 4.66. The molecule has 0 aliphatic carbocycles. The fourth-order valence-corrected chi connectivity index (χ4v) is 4.04. The topological polar surface area (TPSA) is 42.0 Å². The largest absolute Gasteiger partial charge is 0.493 e. The minimum absolute atomic E-state index is 0.158. The van der Waals surface area contributed by atoms with Crippen molar-refractivity contribution in [2.24, 2.45) is 0 Å². The number of ether oxygens (including phenoxy) is 2. The van der Waals surface area contributed by atoms with Crippen molar-refractivity contribution in [3.05, 3.63) is 53.1 Å². The maximum absolute atomic E-state index is 12.8. The molecule has 2 aromatic rings. The Morgan fingerprint density at radius 2 is 1.69 bits per heavy atom. The van der Waals surface area contributed by atoms with Crippen LogP contribution in [0.2, 0.25) is 0 Å². The van der Waals surface area contributed by atoms with Crippen LogP contribution in [0.3, 0.4) is 0 Å². The number of nitrogens with zero attached hydrogens (tertiary/aromatic N) is 2. The van der Waals surface area contributed by atoms with Crippen LogP contribution in [0.1, 0.15) is 36.5 Å². The van der Waals surface area contributed by atoms with Gasteiger partial charge in [0.25, 0.3) is 0 Å². The fraction of sp³-hybridized carbons (Fsp3) is 0.458. The second-order valence-corrected chi connectivity index (χ2v) is 7.90. The summed E-state index contributed by atoms with van der Waals surface area (Å²) in [7, 11) is 3.22. The van der Waals surface area contributed by atoms with E-state index in [1.165, 1.54) is 16.8 Å². The molecule has 1 heterocycles. The Morgan fingerprint density at radius 1 is 1.00 bits per heavy atom. The summed E-state index contributed by atoms with van der Waals surface area (Å²) < 4.78 is 10.6. The quantitative estimate of drug-likeness (QED) is 0.739. The van der Waals surface area contributed by atoms with Gasteiger partial charge in [-0.2, -0.15) is 0 Å². The molecular formula is C24H32N2O3. The van der Waals surface area contributed by atoms with Crippen LogP contribution in [0, 0.1) is 6.92 Å². The van der Waals surface area contributed by atoms with Gasteiger partial charge in [-0.05, 0) is 41.7 Å². The van der Waals surface area contributed by atoms with Gasteiger partial charge in [0.15, 0.2) is 11.5 Å². The summed E-state index contributed by atoms with van der Waals surface area (Å²) >= 11 is 0. The van der Waals surface area contributed by atoms with E-state index in [9.17, 15) is 4.79 Å². The SMILES string of the molecule is COc1ccc(CC(=O)N2CCN(c3c(C)cccc3C(C)C)CC2)cc1OC. The molecular weight excluding hydrogens is 364 g/mol. The number of hydrogen-bond acceptors (Lipinski definition) is 4. The number of para-hydroxylation sites is 1. The van der Waals surface area contributed by atoms with Crippen molar-refractivity contribution >= 4 is 11.6 Å². The van der Waals surface area contributed by atoms with Gasteiger partial charge in [0.1, 0.15) is 0 Å². The molecule has 29 heavy (non-hydrogen) atoms. The Bertz CT molecular complexity index is 855. The first-order valence-corrected chi connectivity index (χ1v) is 10.3. The molecule has 0 saturated carbocycles. The highest BCUT2D eigenvalue weighted by atomic mass is 16.5. The van der Waals surface area contributed by atoms with E-state index in [1.54, 1.807) is 14.2 Å². The first-order valence-electron chi connectivity index (χ1n) is 10.3. The monoisotopic (exact) mass is 396 g/mol. The Hall–Kier alpha value is -2.69. The van der Waals surface area contributed by atoms with E-state index in [0.717, 1.165) is 31.7 Å². The lowest BCUT2D eigenvalue weighted by atomic mass is 9.97. The highest BCUT2D eigenvalue weighted by Gasteiger charge is 2.24. The summed E-state index contributed by atoms with van der Waals surface area (Å²) in [6, 6.07) is 12.2. The van der Waals surface area contributed by atoms with Crippen LogP contribution < -0.4 is 14.4 Å². The van der Waals surface area contributed by atoms with Crippen molar-refractivity contribution in [3.63, 3.8) is 0 Å². The summed E-state index contributed by atoms with van der Waals surface area (Å²) in [6.45, 7) is 9.87. The average molecular weight is 397 g/mol. The first kappa shape index (κ1) is 21.0. The van der Waals surface area contributed by atoms with E-state index < -0.39 is 0 Å². The zero-order valence-corrected chi connectivity index (χ0v) is 18.2. The number of piperazine rings is 1. The number of aryl methyl sites for hydroxylation is 1. The number of carbonyl (C=O) groups is 1. The molecule has 0 N–H and O–H groups in total. The van der Waals surface area contributed by atoms with Gasteiger partial charge in [-0.25, -0.2) is 0 Å². The highest BCUT2D eigenvalue weighted by Crippen LogP contribution is 2.32.